The summed E-state index contributed by atoms with van der Waals surface area (Å²) in [6.07, 6.45) is -5.58. The van der Waals surface area contributed by atoms with Crippen molar-refractivity contribution in [1.82, 2.24) is 4.98 Å². The van der Waals surface area contributed by atoms with Crippen LogP contribution in [0.3, 0.4) is 0 Å². The lowest BCUT2D eigenvalue weighted by atomic mass is 10.1. The summed E-state index contributed by atoms with van der Waals surface area (Å²) in [7, 11) is 0. The van der Waals surface area contributed by atoms with Crippen molar-refractivity contribution in [3.05, 3.63) is 78.0 Å². The van der Waals surface area contributed by atoms with E-state index >= 15 is 0 Å². The average Bonchev–Trinajstić information content (AvgIpc) is 2.67. The second kappa shape index (κ2) is 7.77. The standard InChI is InChI=1S/C20H16F3NO3/c21-20(22,23)15-4-1-2-7-19(15)27-14-10-8-13(9-11-14)16-5-3-6-17(24-16)18(26)12-25/h1-11,18,25-26H,12H2. The van der Waals surface area contributed by atoms with E-state index in [1.165, 1.54) is 18.2 Å². The van der Waals surface area contributed by atoms with Gasteiger partial charge in [-0.1, -0.05) is 18.2 Å². The van der Waals surface area contributed by atoms with Gasteiger partial charge in [-0.25, -0.2) is 4.98 Å². The van der Waals surface area contributed by atoms with Crippen LogP contribution in [0.25, 0.3) is 11.3 Å². The highest BCUT2D eigenvalue weighted by Crippen LogP contribution is 2.38. The maximum atomic E-state index is 13.0. The molecule has 3 aromatic rings. The van der Waals surface area contributed by atoms with E-state index in [9.17, 15) is 18.3 Å². The monoisotopic (exact) mass is 375 g/mol. The molecule has 2 aromatic carbocycles. The Morgan fingerprint density at radius 2 is 1.63 bits per heavy atom. The Bertz CT molecular complexity index is 911. The van der Waals surface area contributed by atoms with Gasteiger partial charge in [0.1, 0.15) is 17.6 Å². The number of nitrogens with zero attached hydrogens (tertiary/aromatic N) is 1. The van der Waals surface area contributed by atoms with Crippen LogP contribution >= 0.6 is 0 Å². The van der Waals surface area contributed by atoms with Crippen LogP contribution in [0.2, 0.25) is 0 Å². The van der Waals surface area contributed by atoms with Gasteiger partial charge in [-0.2, -0.15) is 13.2 Å². The van der Waals surface area contributed by atoms with Crippen molar-refractivity contribution < 1.29 is 28.1 Å². The molecule has 2 N–H and O–H groups in total. The Morgan fingerprint density at radius 3 is 2.30 bits per heavy atom. The van der Waals surface area contributed by atoms with Crippen molar-refractivity contribution in [3.8, 4) is 22.8 Å². The van der Waals surface area contributed by atoms with Gasteiger partial charge in [-0.15, -0.1) is 0 Å². The first-order chi connectivity index (χ1) is 12.9. The third-order valence-electron chi connectivity index (χ3n) is 3.86. The van der Waals surface area contributed by atoms with Crippen molar-refractivity contribution in [2.24, 2.45) is 0 Å². The summed E-state index contributed by atoms with van der Waals surface area (Å²) in [5, 5.41) is 18.7. The maximum Gasteiger partial charge on any atom is 0.419 e. The molecule has 1 atom stereocenters. The number of hydrogen-bond donors (Lipinski definition) is 2. The number of aliphatic hydroxyl groups excluding tert-OH is 2. The van der Waals surface area contributed by atoms with E-state index in [2.05, 4.69) is 4.98 Å². The van der Waals surface area contributed by atoms with E-state index in [0.29, 0.717) is 17.0 Å². The smallest absolute Gasteiger partial charge is 0.419 e. The molecule has 4 nitrogen and oxygen atoms in total. The van der Waals surface area contributed by atoms with Crippen LogP contribution in [0.1, 0.15) is 17.4 Å². The Hall–Kier alpha value is -2.90. The first kappa shape index (κ1) is 18.9. The van der Waals surface area contributed by atoms with Gasteiger partial charge in [0.2, 0.25) is 0 Å². The molecule has 0 aliphatic carbocycles. The number of para-hydroxylation sites is 1. The van der Waals surface area contributed by atoms with Crippen LogP contribution in [0.5, 0.6) is 11.5 Å². The van der Waals surface area contributed by atoms with Gasteiger partial charge >= 0.3 is 6.18 Å². The minimum Gasteiger partial charge on any atom is -0.457 e. The zero-order valence-corrected chi connectivity index (χ0v) is 14.0. The van der Waals surface area contributed by atoms with Crippen molar-refractivity contribution >= 4 is 0 Å². The summed E-state index contributed by atoms with van der Waals surface area (Å²) >= 11 is 0. The number of rotatable bonds is 5. The van der Waals surface area contributed by atoms with Gasteiger partial charge in [-0.05, 0) is 48.5 Å². The summed E-state index contributed by atoms with van der Waals surface area (Å²) in [6, 6.07) is 16.4. The molecule has 1 unspecified atom stereocenters. The lowest BCUT2D eigenvalue weighted by Gasteiger charge is -2.13. The number of hydrogen-bond acceptors (Lipinski definition) is 4. The van der Waals surface area contributed by atoms with Gasteiger partial charge < -0.3 is 14.9 Å². The molecule has 1 aromatic heterocycles. The van der Waals surface area contributed by atoms with Gasteiger partial charge in [0.15, 0.2) is 0 Å². The van der Waals surface area contributed by atoms with E-state index < -0.39 is 24.5 Å². The van der Waals surface area contributed by atoms with Gasteiger partial charge in [0.05, 0.1) is 23.6 Å². The molecule has 0 fully saturated rings. The first-order valence-electron chi connectivity index (χ1n) is 8.09. The van der Waals surface area contributed by atoms with Crippen LogP contribution < -0.4 is 4.74 Å². The zero-order valence-electron chi connectivity index (χ0n) is 14.0. The zero-order chi connectivity index (χ0) is 19.4. The number of benzene rings is 2. The molecule has 7 heteroatoms. The highest BCUT2D eigenvalue weighted by Gasteiger charge is 2.34. The maximum absolute atomic E-state index is 13.0. The SMILES string of the molecule is OCC(O)c1cccc(-c2ccc(Oc3ccccc3C(F)(F)F)cc2)n1. The Kier molecular flexibility index (Phi) is 5.43. The molecular weight excluding hydrogens is 359 g/mol. The predicted octanol–water partition coefficient (Wildman–Crippen LogP) is 4.59. The van der Waals surface area contributed by atoms with E-state index in [4.69, 9.17) is 9.84 Å². The number of pyridine rings is 1. The van der Waals surface area contributed by atoms with Crippen LogP contribution in [-0.2, 0) is 6.18 Å². The van der Waals surface area contributed by atoms with Gasteiger partial charge in [0, 0.05) is 5.56 Å². The third-order valence-corrected chi connectivity index (χ3v) is 3.86. The first-order valence-corrected chi connectivity index (χ1v) is 8.09. The molecule has 0 amide bonds. The predicted molar refractivity (Wildman–Crippen MR) is 93.2 cm³/mol. The lowest BCUT2D eigenvalue weighted by Crippen LogP contribution is -2.06. The van der Waals surface area contributed by atoms with Crippen molar-refractivity contribution in [1.29, 1.82) is 0 Å². The summed E-state index contributed by atoms with van der Waals surface area (Å²) in [5.41, 5.74) is 0.733. The van der Waals surface area contributed by atoms with Gasteiger partial charge in [0.25, 0.3) is 0 Å². The number of aliphatic hydroxyl groups is 2. The lowest BCUT2D eigenvalue weighted by molar-refractivity contribution is -0.138. The molecule has 0 saturated carbocycles. The van der Waals surface area contributed by atoms with Crippen molar-refractivity contribution in [2.45, 2.75) is 12.3 Å². The number of alkyl halides is 3. The summed E-state index contributed by atoms with van der Waals surface area (Å²) in [4.78, 5) is 4.27. The van der Waals surface area contributed by atoms with Crippen LogP contribution in [0.15, 0.2) is 66.7 Å². The van der Waals surface area contributed by atoms with Crippen LogP contribution in [-0.4, -0.2) is 21.8 Å². The molecule has 0 saturated heterocycles. The van der Waals surface area contributed by atoms with Crippen LogP contribution in [0.4, 0.5) is 13.2 Å². The fourth-order valence-corrected chi connectivity index (χ4v) is 2.50. The van der Waals surface area contributed by atoms with E-state index in [-0.39, 0.29) is 11.5 Å². The Labute approximate surface area is 153 Å². The molecule has 0 spiro atoms. The molecule has 0 bridgehead atoms. The number of aromatic nitrogens is 1. The highest BCUT2D eigenvalue weighted by atomic mass is 19.4. The summed E-state index contributed by atoms with van der Waals surface area (Å²) in [6.45, 7) is -0.443. The minimum atomic E-state index is -4.51. The normalized spacial score (nSPS) is 12.6. The highest BCUT2D eigenvalue weighted by molar-refractivity contribution is 5.60. The second-order valence-corrected chi connectivity index (χ2v) is 5.77. The molecule has 0 aliphatic rings. The third kappa shape index (κ3) is 4.45. The molecular formula is C20H16F3NO3. The fraction of sp³-hybridized carbons (Fsp3) is 0.150. The summed E-state index contributed by atoms with van der Waals surface area (Å²) in [5.74, 6) is -0.0223. The fourth-order valence-electron chi connectivity index (χ4n) is 2.50. The second-order valence-electron chi connectivity index (χ2n) is 5.77. The van der Waals surface area contributed by atoms with Gasteiger partial charge in [-0.3, -0.25) is 0 Å². The molecule has 27 heavy (non-hydrogen) atoms. The quantitative estimate of drug-likeness (QED) is 0.685. The van der Waals surface area contributed by atoms with E-state index in [0.717, 1.165) is 6.07 Å². The molecule has 3 rings (SSSR count). The van der Waals surface area contributed by atoms with E-state index in [1.807, 2.05) is 0 Å². The van der Waals surface area contributed by atoms with Crippen molar-refractivity contribution in [2.75, 3.05) is 6.61 Å². The van der Waals surface area contributed by atoms with Crippen LogP contribution in [0, 0.1) is 0 Å². The Balaban J connectivity index is 1.83. The van der Waals surface area contributed by atoms with E-state index in [1.54, 1.807) is 42.5 Å². The molecule has 0 radical (unpaired) electrons. The Morgan fingerprint density at radius 1 is 0.926 bits per heavy atom. The topological polar surface area (TPSA) is 62.6 Å². The van der Waals surface area contributed by atoms with Crippen molar-refractivity contribution in [3.63, 3.8) is 0 Å². The molecule has 0 aliphatic heterocycles. The average molecular weight is 375 g/mol. The minimum absolute atomic E-state index is 0.252. The number of halogens is 3. The molecule has 140 valence electrons. The number of ether oxygens (including phenoxy) is 1. The largest absolute Gasteiger partial charge is 0.457 e. The molecule has 1 heterocycles. The summed E-state index contributed by atoms with van der Waals surface area (Å²) < 4.78 is 44.5.